The van der Waals surface area contributed by atoms with Crippen molar-refractivity contribution in [3.8, 4) is 0 Å². The molecule has 0 saturated carbocycles. The van der Waals surface area contributed by atoms with Gasteiger partial charge in [-0.25, -0.2) is 14.5 Å². The molecule has 0 aromatic carbocycles. The molecule has 0 bridgehead atoms. The predicted octanol–water partition coefficient (Wildman–Crippen LogP) is 2.41. The fourth-order valence-corrected chi connectivity index (χ4v) is 2.49. The lowest BCUT2D eigenvalue weighted by atomic mass is 10.4. The number of halogens is 1. The van der Waals surface area contributed by atoms with E-state index in [-0.39, 0.29) is 0 Å². The second kappa shape index (κ2) is 4.82. The fraction of sp³-hybridized carbons (Fsp3) is 0.231. The third-order valence-electron chi connectivity index (χ3n) is 2.90. The van der Waals surface area contributed by atoms with Gasteiger partial charge in [-0.3, -0.25) is 0 Å². The van der Waals surface area contributed by atoms with Crippen molar-refractivity contribution in [2.24, 2.45) is 7.05 Å². The fourth-order valence-electron chi connectivity index (χ4n) is 2.00. The number of aromatic nitrogens is 6. The van der Waals surface area contributed by atoms with E-state index in [0.29, 0.717) is 11.6 Å². The highest BCUT2D eigenvalue weighted by Gasteiger charge is 2.06. The maximum atomic E-state index is 4.41. The molecule has 3 aromatic heterocycles. The Morgan fingerprint density at radius 3 is 2.65 bits per heavy atom. The third kappa shape index (κ3) is 2.36. The van der Waals surface area contributed by atoms with Crippen molar-refractivity contribution in [3.63, 3.8) is 0 Å². The Morgan fingerprint density at radius 2 is 1.95 bits per heavy atom. The zero-order chi connectivity index (χ0) is 14.3. The summed E-state index contributed by atoms with van der Waals surface area (Å²) in [6.45, 7) is 3.93. The molecular weight excluding hydrogens is 320 g/mol. The molecular formula is C13H13BrN6. The summed E-state index contributed by atoms with van der Waals surface area (Å²) in [6, 6.07) is 1.98. The zero-order valence-corrected chi connectivity index (χ0v) is 13.0. The van der Waals surface area contributed by atoms with Gasteiger partial charge in [0.2, 0.25) is 0 Å². The highest BCUT2D eigenvalue weighted by Crippen LogP contribution is 2.11. The van der Waals surface area contributed by atoms with E-state index in [0.717, 1.165) is 21.8 Å². The summed E-state index contributed by atoms with van der Waals surface area (Å²) in [7, 11) is 1.93. The lowest BCUT2D eigenvalue weighted by Crippen LogP contribution is -1.97. The highest BCUT2D eigenvalue weighted by molar-refractivity contribution is 9.10. The van der Waals surface area contributed by atoms with Crippen molar-refractivity contribution in [1.82, 2.24) is 29.1 Å². The van der Waals surface area contributed by atoms with Crippen LogP contribution in [0.15, 0.2) is 16.9 Å². The average Bonchev–Trinajstić information content (AvgIpc) is 2.90. The number of imidazole rings is 1. The molecule has 20 heavy (non-hydrogen) atoms. The second-order valence-corrected chi connectivity index (χ2v) is 5.40. The molecule has 0 N–H and O–H groups in total. The molecule has 3 rings (SSSR count). The van der Waals surface area contributed by atoms with E-state index in [9.17, 15) is 0 Å². The standard InChI is InChI=1S/C13H13BrN6/c1-8-6-9(2)20-13(15-8)17-11(18-20)4-5-12-16-10(14)7-19(12)3/h4-7H,1-3H3/b5-4+. The first kappa shape index (κ1) is 13.0. The normalized spacial score (nSPS) is 11.8. The molecule has 6 nitrogen and oxygen atoms in total. The monoisotopic (exact) mass is 332 g/mol. The molecule has 0 saturated heterocycles. The van der Waals surface area contributed by atoms with Crippen molar-refractivity contribution in [3.05, 3.63) is 39.9 Å². The average molecular weight is 333 g/mol. The first-order valence-electron chi connectivity index (χ1n) is 6.11. The quantitative estimate of drug-likeness (QED) is 0.723. The zero-order valence-electron chi connectivity index (χ0n) is 11.4. The molecule has 102 valence electrons. The lowest BCUT2D eigenvalue weighted by Gasteiger charge is -1.97. The van der Waals surface area contributed by atoms with E-state index >= 15 is 0 Å². The van der Waals surface area contributed by atoms with Crippen LogP contribution in [0.5, 0.6) is 0 Å². The van der Waals surface area contributed by atoms with Gasteiger partial charge < -0.3 is 4.57 Å². The SMILES string of the molecule is Cc1cc(C)n2nc(/C=C/c3nc(Br)cn3C)nc2n1. The van der Waals surface area contributed by atoms with Gasteiger partial charge in [0.25, 0.3) is 5.78 Å². The van der Waals surface area contributed by atoms with Crippen molar-refractivity contribution >= 4 is 33.9 Å². The van der Waals surface area contributed by atoms with Crippen LogP contribution >= 0.6 is 15.9 Å². The Hall–Kier alpha value is -2.02. The highest BCUT2D eigenvalue weighted by atomic mass is 79.9. The number of hydrogen-bond acceptors (Lipinski definition) is 4. The Bertz CT molecular complexity index is 814. The van der Waals surface area contributed by atoms with Crippen molar-refractivity contribution < 1.29 is 0 Å². The number of hydrogen-bond donors (Lipinski definition) is 0. The minimum atomic E-state index is 0.614. The second-order valence-electron chi connectivity index (χ2n) is 4.59. The van der Waals surface area contributed by atoms with Crippen LogP contribution < -0.4 is 0 Å². The van der Waals surface area contributed by atoms with Crippen LogP contribution in [-0.2, 0) is 7.05 Å². The van der Waals surface area contributed by atoms with Crippen LogP contribution in [0.1, 0.15) is 23.0 Å². The Balaban J connectivity index is 1.99. The van der Waals surface area contributed by atoms with Gasteiger partial charge in [-0.1, -0.05) is 0 Å². The molecule has 0 atom stereocenters. The summed E-state index contributed by atoms with van der Waals surface area (Å²) in [4.78, 5) is 13.1. The van der Waals surface area contributed by atoms with Crippen LogP contribution in [0.4, 0.5) is 0 Å². The molecule has 0 radical (unpaired) electrons. The summed E-state index contributed by atoms with van der Waals surface area (Å²) >= 11 is 3.34. The van der Waals surface area contributed by atoms with Gasteiger partial charge in [0.1, 0.15) is 10.4 Å². The Labute approximate surface area is 124 Å². The summed E-state index contributed by atoms with van der Waals surface area (Å²) < 4.78 is 4.46. The van der Waals surface area contributed by atoms with E-state index in [1.54, 1.807) is 4.52 Å². The first-order chi connectivity index (χ1) is 9.52. The van der Waals surface area contributed by atoms with Gasteiger partial charge in [-0.2, -0.15) is 4.98 Å². The van der Waals surface area contributed by atoms with Crippen molar-refractivity contribution in [2.75, 3.05) is 0 Å². The van der Waals surface area contributed by atoms with Crippen LogP contribution in [0, 0.1) is 13.8 Å². The molecule has 0 aliphatic rings. The molecule has 7 heteroatoms. The molecule has 0 fully saturated rings. The van der Waals surface area contributed by atoms with E-state index in [1.165, 1.54) is 0 Å². The minimum absolute atomic E-state index is 0.614. The minimum Gasteiger partial charge on any atom is -0.333 e. The number of rotatable bonds is 2. The van der Waals surface area contributed by atoms with Crippen LogP contribution in [0.2, 0.25) is 0 Å². The lowest BCUT2D eigenvalue weighted by molar-refractivity contribution is 0.881. The summed E-state index contributed by atoms with van der Waals surface area (Å²) in [5.74, 6) is 2.06. The van der Waals surface area contributed by atoms with Crippen LogP contribution in [0.25, 0.3) is 17.9 Å². The summed E-state index contributed by atoms with van der Waals surface area (Å²) in [6.07, 6.45) is 5.60. The number of nitrogens with zero attached hydrogens (tertiary/aromatic N) is 6. The first-order valence-corrected chi connectivity index (χ1v) is 6.90. The maximum Gasteiger partial charge on any atom is 0.253 e. The van der Waals surface area contributed by atoms with Gasteiger partial charge in [-0.15, -0.1) is 5.10 Å². The molecule has 0 spiro atoms. The molecule has 3 aromatic rings. The largest absolute Gasteiger partial charge is 0.333 e. The van der Waals surface area contributed by atoms with Crippen molar-refractivity contribution in [2.45, 2.75) is 13.8 Å². The molecule has 0 unspecified atom stereocenters. The molecule has 0 aliphatic carbocycles. The predicted molar refractivity (Wildman–Crippen MR) is 80.1 cm³/mol. The van der Waals surface area contributed by atoms with Gasteiger partial charge in [-0.05, 0) is 48.0 Å². The summed E-state index contributed by atoms with van der Waals surface area (Å²) in [5.41, 5.74) is 1.95. The topological polar surface area (TPSA) is 60.9 Å². The van der Waals surface area contributed by atoms with E-state index in [1.807, 2.05) is 49.9 Å². The molecule has 0 amide bonds. The van der Waals surface area contributed by atoms with Crippen LogP contribution in [-0.4, -0.2) is 29.1 Å². The Kier molecular flexibility index (Phi) is 3.13. The molecule has 3 heterocycles. The van der Waals surface area contributed by atoms with Crippen molar-refractivity contribution in [1.29, 1.82) is 0 Å². The van der Waals surface area contributed by atoms with E-state index in [4.69, 9.17) is 0 Å². The van der Waals surface area contributed by atoms with Gasteiger partial charge in [0, 0.05) is 24.6 Å². The van der Waals surface area contributed by atoms with Gasteiger partial charge >= 0.3 is 0 Å². The smallest absolute Gasteiger partial charge is 0.253 e. The maximum absolute atomic E-state index is 4.41. The summed E-state index contributed by atoms with van der Waals surface area (Å²) in [5, 5.41) is 4.41. The van der Waals surface area contributed by atoms with Crippen LogP contribution in [0.3, 0.4) is 0 Å². The van der Waals surface area contributed by atoms with E-state index in [2.05, 4.69) is 36.0 Å². The third-order valence-corrected chi connectivity index (χ3v) is 3.28. The molecule has 0 aliphatic heterocycles. The van der Waals surface area contributed by atoms with Gasteiger partial charge in [0.05, 0.1) is 0 Å². The van der Waals surface area contributed by atoms with E-state index < -0.39 is 0 Å². The Morgan fingerprint density at radius 1 is 1.15 bits per heavy atom. The van der Waals surface area contributed by atoms with Gasteiger partial charge in [0.15, 0.2) is 5.82 Å². The number of aryl methyl sites for hydroxylation is 3. The number of fused-ring (bicyclic) bond motifs is 1.